The first kappa shape index (κ1) is 21.4. The van der Waals surface area contributed by atoms with E-state index in [0.29, 0.717) is 10.6 Å². The molecule has 1 aromatic heterocycles. The van der Waals surface area contributed by atoms with Gasteiger partial charge in [-0.15, -0.1) is 0 Å². The van der Waals surface area contributed by atoms with E-state index in [1.165, 1.54) is 7.11 Å². The Morgan fingerprint density at radius 2 is 1.87 bits per heavy atom. The highest BCUT2D eigenvalue weighted by atomic mass is 35.5. The number of nitrogens with one attached hydrogen (secondary N) is 2. The lowest BCUT2D eigenvalue weighted by atomic mass is 10.0. The molecule has 8 heteroatoms. The number of ether oxygens (including phenoxy) is 1. The number of halogens is 1. The summed E-state index contributed by atoms with van der Waals surface area (Å²) in [6.07, 6.45) is 5.27. The Labute approximate surface area is 180 Å². The van der Waals surface area contributed by atoms with Crippen LogP contribution in [0.15, 0.2) is 67.3 Å². The Bertz CT molecular complexity index is 990. The van der Waals surface area contributed by atoms with E-state index in [-0.39, 0.29) is 12.5 Å². The average Bonchev–Trinajstić information content (AvgIpc) is 3.28. The quantitative estimate of drug-likeness (QED) is 0.555. The van der Waals surface area contributed by atoms with Gasteiger partial charge in [-0.1, -0.05) is 41.9 Å². The summed E-state index contributed by atoms with van der Waals surface area (Å²) in [7, 11) is 1.31. The third-order valence-electron chi connectivity index (χ3n) is 4.73. The highest BCUT2D eigenvalue weighted by Crippen LogP contribution is 2.25. The average molecular weight is 427 g/mol. The van der Waals surface area contributed by atoms with Gasteiger partial charge in [-0.25, -0.2) is 9.78 Å². The van der Waals surface area contributed by atoms with Crippen molar-refractivity contribution in [1.29, 1.82) is 0 Å². The second-order valence-electron chi connectivity index (χ2n) is 6.76. The molecular weight excluding hydrogens is 404 g/mol. The van der Waals surface area contributed by atoms with Gasteiger partial charge < -0.3 is 19.9 Å². The molecule has 7 nitrogen and oxygen atoms in total. The van der Waals surface area contributed by atoms with Crippen LogP contribution in [0.2, 0.25) is 5.02 Å². The van der Waals surface area contributed by atoms with Crippen LogP contribution in [0.4, 0.5) is 4.79 Å². The number of aromatic nitrogens is 2. The SMILES string of the molecule is COC(=O)C[C@@H](NC(=O)N[C@H](C)c1ccc(-n2ccnc2)cc1)c1ccccc1Cl. The summed E-state index contributed by atoms with van der Waals surface area (Å²) in [5, 5.41) is 6.19. The molecule has 156 valence electrons. The highest BCUT2D eigenvalue weighted by Gasteiger charge is 2.22. The summed E-state index contributed by atoms with van der Waals surface area (Å²) < 4.78 is 6.65. The Morgan fingerprint density at radius 1 is 1.13 bits per heavy atom. The number of esters is 1. The van der Waals surface area contributed by atoms with Crippen molar-refractivity contribution in [1.82, 2.24) is 20.2 Å². The molecule has 2 atom stereocenters. The second kappa shape index (κ2) is 9.93. The van der Waals surface area contributed by atoms with Crippen molar-refractivity contribution in [2.24, 2.45) is 0 Å². The van der Waals surface area contributed by atoms with Gasteiger partial charge in [0.1, 0.15) is 0 Å². The Morgan fingerprint density at radius 3 is 2.50 bits per heavy atom. The van der Waals surface area contributed by atoms with Crippen LogP contribution in [0.1, 0.15) is 36.6 Å². The molecule has 2 amide bonds. The number of hydrogen-bond acceptors (Lipinski definition) is 4. The van der Waals surface area contributed by atoms with Crippen LogP contribution in [-0.2, 0) is 9.53 Å². The molecule has 0 aliphatic carbocycles. The number of amides is 2. The van der Waals surface area contributed by atoms with E-state index < -0.39 is 18.0 Å². The van der Waals surface area contributed by atoms with Gasteiger partial charge in [-0.3, -0.25) is 4.79 Å². The number of methoxy groups -OCH3 is 1. The summed E-state index contributed by atoms with van der Waals surface area (Å²) in [5.74, 6) is -0.441. The highest BCUT2D eigenvalue weighted by molar-refractivity contribution is 6.31. The van der Waals surface area contributed by atoms with Gasteiger partial charge in [-0.2, -0.15) is 0 Å². The van der Waals surface area contributed by atoms with Crippen LogP contribution >= 0.6 is 11.6 Å². The monoisotopic (exact) mass is 426 g/mol. The molecule has 3 aromatic rings. The summed E-state index contributed by atoms with van der Waals surface area (Å²) in [6, 6.07) is 13.6. The lowest BCUT2D eigenvalue weighted by molar-refractivity contribution is -0.141. The number of rotatable bonds is 7. The maximum atomic E-state index is 12.6. The minimum absolute atomic E-state index is 0.0262. The molecular formula is C22H23ClN4O3. The first-order chi connectivity index (χ1) is 14.5. The summed E-state index contributed by atoms with van der Waals surface area (Å²) in [6.45, 7) is 1.89. The van der Waals surface area contributed by atoms with Crippen molar-refractivity contribution < 1.29 is 14.3 Å². The van der Waals surface area contributed by atoms with E-state index in [1.807, 2.05) is 42.0 Å². The van der Waals surface area contributed by atoms with Crippen molar-refractivity contribution in [3.05, 3.63) is 83.4 Å². The predicted octanol–water partition coefficient (Wildman–Crippen LogP) is 4.19. The molecule has 3 rings (SSSR count). The van der Waals surface area contributed by atoms with Gasteiger partial charge in [0.25, 0.3) is 0 Å². The van der Waals surface area contributed by atoms with Gasteiger partial charge in [0.05, 0.1) is 31.9 Å². The van der Waals surface area contributed by atoms with Gasteiger partial charge in [0.2, 0.25) is 0 Å². The molecule has 0 bridgehead atoms. The number of imidazole rings is 1. The van der Waals surface area contributed by atoms with Crippen LogP contribution in [0.25, 0.3) is 5.69 Å². The minimum Gasteiger partial charge on any atom is -0.469 e. The predicted molar refractivity (Wildman–Crippen MR) is 114 cm³/mol. The third-order valence-corrected chi connectivity index (χ3v) is 5.07. The first-order valence-electron chi connectivity index (χ1n) is 9.44. The molecule has 0 fully saturated rings. The number of hydrogen-bond donors (Lipinski definition) is 2. The maximum absolute atomic E-state index is 12.6. The van der Waals surface area contributed by atoms with E-state index in [4.69, 9.17) is 16.3 Å². The summed E-state index contributed by atoms with van der Waals surface area (Å²) in [5.41, 5.74) is 2.57. The fourth-order valence-electron chi connectivity index (χ4n) is 3.07. The molecule has 0 unspecified atom stereocenters. The first-order valence-corrected chi connectivity index (χ1v) is 9.82. The van der Waals surface area contributed by atoms with E-state index in [1.54, 1.807) is 36.8 Å². The number of benzene rings is 2. The second-order valence-corrected chi connectivity index (χ2v) is 7.16. The molecule has 0 saturated carbocycles. The minimum atomic E-state index is -0.609. The zero-order valence-corrected chi connectivity index (χ0v) is 17.5. The summed E-state index contributed by atoms with van der Waals surface area (Å²) >= 11 is 6.26. The van der Waals surface area contributed by atoms with Crippen molar-refractivity contribution in [3.8, 4) is 5.69 Å². The van der Waals surface area contributed by atoms with E-state index in [2.05, 4.69) is 15.6 Å². The van der Waals surface area contributed by atoms with E-state index >= 15 is 0 Å². The van der Waals surface area contributed by atoms with Crippen LogP contribution in [0.5, 0.6) is 0 Å². The lowest BCUT2D eigenvalue weighted by Gasteiger charge is -2.22. The molecule has 0 spiro atoms. The van der Waals surface area contributed by atoms with Crippen molar-refractivity contribution in [2.45, 2.75) is 25.4 Å². The molecule has 30 heavy (non-hydrogen) atoms. The van der Waals surface area contributed by atoms with Crippen LogP contribution in [0.3, 0.4) is 0 Å². The van der Waals surface area contributed by atoms with Crippen molar-refractivity contribution >= 4 is 23.6 Å². The Balaban J connectivity index is 1.67. The van der Waals surface area contributed by atoms with Crippen molar-refractivity contribution in [3.63, 3.8) is 0 Å². The van der Waals surface area contributed by atoms with E-state index in [0.717, 1.165) is 11.3 Å². The van der Waals surface area contributed by atoms with Gasteiger partial charge in [0.15, 0.2) is 0 Å². The fourth-order valence-corrected chi connectivity index (χ4v) is 3.34. The fraction of sp³-hybridized carbons (Fsp3) is 0.227. The molecule has 0 radical (unpaired) electrons. The van der Waals surface area contributed by atoms with Gasteiger partial charge in [0, 0.05) is 23.1 Å². The van der Waals surface area contributed by atoms with Gasteiger partial charge in [-0.05, 0) is 36.2 Å². The molecule has 0 saturated heterocycles. The number of nitrogens with zero attached hydrogens (tertiary/aromatic N) is 2. The van der Waals surface area contributed by atoms with E-state index in [9.17, 15) is 9.59 Å². The van der Waals surface area contributed by atoms with Crippen LogP contribution in [0, 0.1) is 0 Å². The normalized spacial score (nSPS) is 12.6. The zero-order valence-electron chi connectivity index (χ0n) is 16.7. The number of urea groups is 1. The standard InChI is InChI=1S/C22H23ClN4O3/c1-15(16-7-9-17(10-8-16)27-12-11-24-14-27)25-22(29)26-20(13-21(28)30-2)18-5-3-4-6-19(18)23/h3-12,14-15,20H,13H2,1-2H3,(H2,25,26,29)/t15-,20-/m1/s1. The topological polar surface area (TPSA) is 85.2 Å². The van der Waals surface area contributed by atoms with Crippen LogP contribution in [-0.4, -0.2) is 28.7 Å². The lowest BCUT2D eigenvalue weighted by Crippen LogP contribution is -2.40. The van der Waals surface area contributed by atoms with Crippen molar-refractivity contribution in [2.75, 3.05) is 7.11 Å². The Hall–Kier alpha value is -3.32. The molecule has 2 aromatic carbocycles. The van der Waals surface area contributed by atoms with Crippen LogP contribution < -0.4 is 10.6 Å². The third kappa shape index (κ3) is 5.39. The largest absolute Gasteiger partial charge is 0.469 e. The van der Waals surface area contributed by atoms with Gasteiger partial charge >= 0.3 is 12.0 Å². The number of carbonyl (C=O) groups is 2. The summed E-state index contributed by atoms with van der Waals surface area (Å²) in [4.78, 5) is 28.5. The zero-order chi connectivity index (χ0) is 21.5. The molecule has 1 heterocycles. The maximum Gasteiger partial charge on any atom is 0.315 e. The molecule has 0 aliphatic heterocycles. The smallest absolute Gasteiger partial charge is 0.315 e. The Kier molecular flexibility index (Phi) is 7.08. The number of carbonyl (C=O) groups excluding carboxylic acids is 2. The molecule has 0 aliphatic rings. The molecule has 2 N–H and O–H groups in total.